The Morgan fingerprint density at radius 2 is 1.90 bits per heavy atom. The molecule has 3 aromatic heterocycles. The molecular weight excluding hydrogens is 386 g/mol. The van der Waals surface area contributed by atoms with Crippen LogP contribution >= 0.6 is 0 Å². The number of imidazole rings is 1. The van der Waals surface area contributed by atoms with Gasteiger partial charge in [-0.05, 0) is 18.6 Å². The highest BCUT2D eigenvalue weighted by Gasteiger charge is 2.18. The normalized spacial score (nSPS) is 10.8. The van der Waals surface area contributed by atoms with Crippen LogP contribution in [-0.4, -0.2) is 24.8 Å². The van der Waals surface area contributed by atoms with Crippen molar-refractivity contribution in [3.05, 3.63) is 93.0 Å². The molecule has 0 saturated heterocycles. The van der Waals surface area contributed by atoms with Crippen LogP contribution in [0.5, 0.6) is 0 Å². The van der Waals surface area contributed by atoms with Crippen LogP contribution in [0.2, 0.25) is 0 Å². The molecule has 30 heavy (non-hydrogen) atoms. The van der Waals surface area contributed by atoms with Gasteiger partial charge in [0.15, 0.2) is 0 Å². The first kappa shape index (κ1) is 19.1. The number of benzene rings is 1. The van der Waals surface area contributed by atoms with E-state index in [4.69, 9.17) is 0 Å². The number of nitro groups is 1. The highest BCUT2D eigenvalue weighted by atomic mass is 16.6. The number of fused-ring (bicyclic) bond motifs is 1. The maximum absolute atomic E-state index is 12.7. The van der Waals surface area contributed by atoms with Gasteiger partial charge < -0.3 is 5.32 Å². The summed E-state index contributed by atoms with van der Waals surface area (Å²) < 4.78 is 2.77. The second-order valence-electron chi connectivity index (χ2n) is 6.72. The molecule has 150 valence electrons. The van der Waals surface area contributed by atoms with Gasteiger partial charge in [0.05, 0.1) is 11.1 Å². The van der Waals surface area contributed by atoms with Gasteiger partial charge in [0.2, 0.25) is 5.91 Å². The van der Waals surface area contributed by atoms with E-state index in [1.807, 2.05) is 49.4 Å². The topological polar surface area (TPSA) is 112 Å². The van der Waals surface area contributed by atoms with Crippen LogP contribution in [0.3, 0.4) is 0 Å². The highest BCUT2D eigenvalue weighted by molar-refractivity contribution is 5.94. The van der Waals surface area contributed by atoms with Gasteiger partial charge in [0.1, 0.15) is 23.7 Å². The lowest BCUT2D eigenvalue weighted by Gasteiger charge is -2.09. The molecule has 9 heteroatoms. The number of aryl methyl sites for hydroxylation is 1. The number of aromatic nitrogens is 3. The number of nitrogens with zero attached hydrogens (tertiary/aromatic N) is 4. The van der Waals surface area contributed by atoms with Crippen LogP contribution in [-0.2, 0) is 11.3 Å². The molecular formula is C21H17N5O4. The van der Waals surface area contributed by atoms with Crippen molar-refractivity contribution >= 4 is 23.1 Å². The summed E-state index contributed by atoms with van der Waals surface area (Å²) in [6.07, 6.45) is 2.84. The van der Waals surface area contributed by atoms with Gasteiger partial charge in [-0.1, -0.05) is 36.4 Å². The Hall–Kier alpha value is -4.27. The summed E-state index contributed by atoms with van der Waals surface area (Å²) in [7, 11) is 0. The molecule has 4 aromatic rings. The quantitative estimate of drug-likeness (QED) is 0.407. The number of hydrogen-bond donors (Lipinski definition) is 1. The van der Waals surface area contributed by atoms with Crippen molar-refractivity contribution in [1.82, 2.24) is 14.0 Å². The van der Waals surface area contributed by atoms with E-state index in [1.165, 1.54) is 0 Å². The Morgan fingerprint density at radius 1 is 1.13 bits per heavy atom. The molecule has 0 aliphatic heterocycles. The molecule has 4 rings (SSSR count). The molecule has 0 fully saturated rings. The van der Waals surface area contributed by atoms with Crippen molar-refractivity contribution in [2.45, 2.75) is 13.5 Å². The lowest BCUT2D eigenvalue weighted by atomic mass is 10.1. The van der Waals surface area contributed by atoms with Crippen molar-refractivity contribution in [2.24, 2.45) is 0 Å². The fourth-order valence-corrected chi connectivity index (χ4v) is 3.20. The number of rotatable bonds is 5. The van der Waals surface area contributed by atoms with E-state index in [0.29, 0.717) is 17.2 Å². The molecule has 1 amide bonds. The predicted molar refractivity (Wildman–Crippen MR) is 111 cm³/mol. The minimum atomic E-state index is -0.616. The van der Waals surface area contributed by atoms with E-state index in [-0.39, 0.29) is 12.2 Å². The van der Waals surface area contributed by atoms with Gasteiger partial charge in [-0.2, -0.15) is 0 Å². The first-order valence-electron chi connectivity index (χ1n) is 9.12. The zero-order valence-corrected chi connectivity index (χ0v) is 16.0. The van der Waals surface area contributed by atoms with Crippen LogP contribution in [0.1, 0.15) is 5.56 Å². The average Bonchev–Trinajstić information content (AvgIpc) is 3.10. The van der Waals surface area contributed by atoms with Gasteiger partial charge in [0.25, 0.3) is 11.2 Å². The molecule has 0 spiro atoms. The highest BCUT2D eigenvalue weighted by Crippen LogP contribution is 2.29. The lowest BCUT2D eigenvalue weighted by Crippen LogP contribution is -2.27. The fourth-order valence-electron chi connectivity index (χ4n) is 3.20. The van der Waals surface area contributed by atoms with E-state index >= 15 is 0 Å². The molecule has 1 N–H and O–H groups in total. The van der Waals surface area contributed by atoms with Crippen molar-refractivity contribution in [1.29, 1.82) is 0 Å². The van der Waals surface area contributed by atoms with E-state index in [9.17, 15) is 19.7 Å². The SMILES string of the molecule is Cc1cccn2c(NC(=O)Cn3cc([N+](=O)[O-])ccc3=O)c(-c3ccccc3)nc12. The third-order valence-corrected chi connectivity index (χ3v) is 4.64. The monoisotopic (exact) mass is 403 g/mol. The Bertz CT molecular complexity index is 1320. The number of carbonyl (C=O) groups is 1. The largest absolute Gasteiger partial charge is 0.308 e. The van der Waals surface area contributed by atoms with E-state index in [0.717, 1.165) is 34.0 Å². The van der Waals surface area contributed by atoms with Gasteiger partial charge in [-0.3, -0.25) is 28.7 Å². The van der Waals surface area contributed by atoms with Gasteiger partial charge in [-0.15, -0.1) is 0 Å². The number of pyridine rings is 2. The molecule has 3 heterocycles. The molecule has 0 saturated carbocycles. The third-order valence-electron chi connectivity index (χ3n) is 4.64. The number of nitrogens with one attached hydrogen (secondary N) is 1. The molecule has 0 unspecified atom stereocenters. The molecule has 0 radical (unpaired) electrons. The van der Waals surface area contributed by atoms with Crippen LogP contribution in [0.25, 0.3) is 16.9 Å². The Balaban J connectivity index is 1.73. The summed E-state index contributed by atoms with van der Waals surface area (Å²) in [6, 6.07) is 15.4. The summed E-state index contributed by atoms with van der Waals surface area (Å²) in [4.78, 5) is 39.8. The van der Waals surface area contributed by atoms with E-state index in [2.05, 4.69) is 10.3 Å². The van der Waals surface area contributed by atoms with Crippen molar-refractivity contribution in [3.63, 3.8) is 0 Å². The average molecular weight is 403 g/mol. The number of anilines is 1. The summed E-state index contributed by atoms with van der Waals surface area (Å²) in [5.41, 5.74) is 2.27. The van der Waals surface area contributed by atoms with Crippen LogP contribution < -0.4 is 10.9 Å². The zero-order valence-electron chi connectivity index (χ0n) is 16.0. The Labute approximate surface area is 170 Å². The van der Waals surface area contributed by atoms with Crippen LogP contribution in [0.4, 0.5) is 11.5 Å². The predicted octanol–water partition coefficient (Wildman–Crippen LogP) is 3.02. The zero-order chi connectivity index (χ0) is 21.3. The number of hydrogen-bond acceptors (Lipinski definition) is 5. The summed E-state index contributed by atoms with van der Waals surface area (Å²) in [5, 5.41) is 13.8. The number of amides is 1. The molecule has 0 aliphatic carbocycles. The van der Waals surface area contributed by atoms with E-state index < -0.39 is 16.4 Å². The first-order chi connectivity index (χ1) is 14.4. The first-order valence-corrected chi connectivity index (χ1v) is 9.12. The maximum atomic E-state index is 12.7. The van der Waals surface area contributed by atoms with Crippen LogP contribution in [0, 0.1) is 17.0 Å². The van der Waals surface area contributed by atoms with Crippen molar-refractivity contribution in [2.75, 3.05) is 5.32 Å². The minimum Gasteiger partial charge on any atom is -0.308 e. The lowest BCUT2D eigenvalue weighted by molar-refractivity contribution is -0.385. The third kappa shape index (κ3) is 3.55. The van der Waals surface area contributed by atoms with Crippen LogP contribution in [0.15, 0.2) is 71.8 Å². The molecule has 0 aliphatic rings. The van der Waals surface area contributed by atoms with Gasteiger partial charge in [-0.25, -0.2) is 4.98 Å². The molecule has 9 nitrogen and oxygen atoms in total. The Morgan fingerprint density at radius 3 is 2.63 bits per heavy atom. The van der Waals surface area contributed by atoms with Crippen molar-refractivity contribution in [3.8, 4) is 11.3 Å². The second-order valence-corrected chi connectivity index (χ2v) is 6.72. The Kier molecular flexibility index (Phi) is 4.85. The minimum absolute atomic E-state index is 0.266. The standard InChI is InChI=1S/C21H17N5O4/c1-14-6-5-11-25-20(14)23-19(15-7-3-2-4-8-15)21(25)22-17(27)13-24-12-16(26(29)30)9-10-18(24)28/h2-12H,13H2,1H3,(H,22,27). The smallest absolute Gasteiger partial charge is 0.285 e. The second kappa shape index (κ2) is 7.63. The fraction of sp³-hybridized carbons (Fsp3) is 0.0952. The maximum Gasteiger partial charge on any atom is 0.285 e. The molecule has 1 aromatic carbocycles. The summed E-state index contributed by atoms with van der Waals surface area (Å²) in [6.45, 7) is 1.55. The van der Waals surface area contributed by atoms with Gasteiger partial charge in [0, 0.05) is 23.9 Å². The van der Waals surface area contributed by atoms with Gasteiger partial charge >= 0.3 is 0 Å². The molecule has 0 atom stereocenters. The summed E-state index contributed by atoms with van der Waals surface area (Å²) in [5.74, 6) is -0.0403. The van der Waals surface area contributed by atoms with Crippen molar-refractivity contribution < 1.29 is 9.72 Å². The summed E-state index contributed by atoms with van der Waals surface area (Å²) >= 11 is 0. The number of carbonyl (C=O) groups excluding carboxylic acids is 1. The molecule has 0 bridgehead atoms. The van der Waals surface area contributed by atoms with E-state index in [1.54, 1.807) is 10.6 Å².